The number of piperazine rings is 1. The normalized spacial score (nSPS) is 16.6. The fraction of sp³-hybridized carbons (Fsp3) is 0.364. The smallest absolute Gasteiger partial charge is 0.243 e. The van der Waals surface area contributed by atoms with E-state index in [1.807, 2.05) is 0 Å². The van der Waals surface area contributed by atoms with Gasteiger partial charge in [0.15, 0.2) is 5.96 Å². The topological polar surface area (TPSA) is 90.5 Å². The molecule has 0 radical (unpaired) electrons. The minimum atomic E-state index is -3.49. The van der Waals surface area contributed by atoms with E-state index in [0.29, 0.717) is 31.2 Å². The van der Waals surface area contributed by atoms with Gasteiger partial charge in [-0.2, -0.15) is 4.31 Å². The summed E-state index contributed by atoms with van der Waals surface area (Å²) in [6.07, 6.45) is 0. The third-order valence-electron chi connectivity index (χ3n) is 3.03. The van der Waals surface area contributed by atoms with Crippen molar-refractivity contribution >= 4 is 51.6 Å². The van der Waals surface area contributed by atoms with Gasteiger partial charge < -0.3 is 10.6 Å². The summed E-state index contributed by atoms with van der Waals surface area (Å²) in [6, 6.07) is 6.10. The number of sulfonamides is 1. The van der Waals surface area contributed by atoms with E-state index in [-0.39, 0.29) is 34.8 Å². The Labute approximate surface area is 140 Å². The van der Waals surface area contributed by atoms with Crippen molar-refractivity contribution in [2.24, 2.45) is 5.73 Å². The highest BCUT2D eigenvalue weighted by Gasteiger charge is 2.28. The van der Waals surface area contributed by atoms with Crippen LogP contribution in [0, 0.1) is 5.41 Å². The second-order valence-electron chi connectivity index (χ2n) is 4.23. The van der Waals surface area contributed by atoms with Gasteiger partial charge in [-0.1, -0.05) is 11.6 Å². The number of guanidine groups is 1. The molecule has 112 valence electrons. The Morgan fingerprint density at radius 2 is 1.65 bits per heavy atom. The molecule has 1 aromatic rings. The minimum Gasteiger partial charge on any atom is -0.370 e. The molecule has 0 saturated carbocycles. The highest BCUT2D eigenvalue weighted by Crippen LogP contribution is 2.19. The minimum absolute atomic E-state index is 0. The standard InChI is InChI=1S/C11H15ClN4O2S.HI/c12-9-1-3-10(4-2-9)19(17,18)16-7-5-15(6-8-16)11(13)14;/h1-4H,5-8H2,(H3,13,14);1H. The maximum absolute atomic E-state index is 12.4. The van der Waals surface area contributed by atoms with Gasteiger partial charge in [0.1, 0.15) is 0 Å². The van der Waals surface area contributed by atoms with Crippen LogP contribution in [0.15, 0.2) is 29.2 Å². The van der Waals surface area contributed by atoms with Crippen molar-refractivity contribution in [2.75, 3.05) is 26.2 Å². The van der Waals surface area contributed by atoms with Gasteiger partial charge in [0.25, 0.3) is 0 Å². The van der Waals surface area contributed by atoms with Crippen molar-refractivity contribution in [1.29, 1.82) is 5.41 Å². The lowest BCUT2D eigenvalue weighted by molar-refractivity contribution is 0.263. The van der Waals surface area contributed by atoms with Gasteiger partial charge in [0.05, 0.1) is 4.90 Å². The zero-order valence-corrected chi connectivity index (χ0v) is 14.5. The molecule has 9 heteroatoms. The van der Waals surface area contributed by atoms with Crippen LogP contribution in [0.2, 0.25) is 5.02 Å². The van der Waals surface area contributed by atoms with E-state index in [9.17, 15) is 8.42 Å². The number of rotatable bonds is 2. The number of nitrogens with one attached hydrogen (secondary N) is 1. The van der Waals surface area contributed by atoms with Crippen molar-refractivity contribution < 1.29 is 8.42 Å². The summed E-state index contributed by atoms with van der Waals surface area (Å²) in [5, 5.41) is 7.82. The molecule has 20 heavy (non-hydrogen) atoms. The van der Waals surface area contributed by atoms with Crippen molar-refractivity contribution in [3.8, 4) is 0 Å². The predicted octanol–water partition coefficient (Wildman–Crippen LogP) is 1.16. The number of benzene rings is 1. The summed E-state index contributed by atoms with van der Waals surface area (Å²) in [5.74, 6) is -0.0245. The van der Waals surface area contributed by atoms with E-state index in [1.54, 1.807) is 17.0 Å². The van der Waals surface area contributed by atoms with Gasteiger partial charge in [-0.3, -0.25) is 5.41 Å². The molecule has 1 fully saturated rings. The molecule has 3 N–H and O–H groups in total. The van der Waals surface area contributed by atoms with Crippen LogP contribution in [0.5, 0.6) is 0 Å². The summed E-state index contributed by atoms with van der Waals surface area (Å²) < 4.78 is 26.1. The third-order valence-corrected chi connectivity index (χ3v) is 5.20. The highest BCUT2D eigenvalue weighted by molar-refractivity contribution is 14.0. The molecule has 1 aromatic carbocycles. The summed E-state index contributed by atoms with van der Waals surface area (Å²) in [4.78, 5) is 1.88. The molecule has 1 heterocycles. The Bertz CT molecular complexity index is 571. The van der Waals surface area contributed by atoms with Crippen LogP contribution in [-0.4, -0.2) is 49.8 Å². The zero-order valence-electron chi connectivity index (χ0n) is 10.6. The molecule has 0 unspecified atom stereocenters. The van der Waals surface area contributed by atoms with E-state index in [4.69, 9.17) is 22.7 Å². The Morgan fingerprint density at radius 1 is 1.15 bits per heavy atom. The molecule has 0 aromatic heterocycles. The number of hydrogen-bond donors (Lipinski definition) is 2. The monoisotopic (exact) mass is 430 g/mol. The Balaban J connectivity index is 0.00000200. The molecule has 0 spiro atoms. The second-order valence-corrected chi connectivity index (χ2v) is 6.60. The summed E-state index contributed by atoms with van der Waals surface area (Å²) >= 11 is 5.75. The van der Waals surface area contributed by atoms with Crippen LogP contribution in [-0.2, 0) is 10.0 Å². The van der Waals surface area contributed by atoms with Crippen LogP contribution in [0.1, 0.15) is 0 Å². The fourth-order valence-corrected chi connectivity index (χ4v) is 3.47. The Morgan fingerprint density at radius 3 is 2.10 bits per heavy atom. The quantitative estimate of drug-likeness (QED) is 0.418. The van der Waals surface area contributed by atoms with Crippen molar-refractivity contribution in [1.82, 2.24) is 9.21 Å². The first-order valence-electron chi connectivity index (χ1n) is 5.76. The van der Waals surface area contributed by atoms with Crippen LogP contribution in [0.3, 0.4) is 0 Å². The molecule has 0 aliphatic carbocycles. The van der Waals surface area contributed by atoms with Crippen LogP contribution >= 0.6 is 35.6 Å². The highest BCUT2D eigenvalue weighted by atomic mass is 127. The van der Waals surface area contributed by atoms with Gasteiger partial charge in [-0.05, 0) is 24.3 Å². The average Bonchev–Trinajstić information content (AvgIpc) is 2.39. The molecule has 1 saturated heterocycles. The van der Waals surface area contributed by atoms with E-state index >= 15 is 0 Å². The molecule has 6 nitrogen and oxygen atoms in total. The van der Waals surface area contributed by atoms with Gasteiger partial charge in [0.2, 0.25) is 10.0 Å². The summed E-state index contributed by atoms with van der Waals surface area (Å²) in [6.45, 7) is 1.51. The summed E-state index contributed by atoms with van der Waals surface area (Å²) in [7, 11) is -3.49. The zero-order chi connectivity index (χ0) is 14.0. The Kier molecular flexibility index (Phi) is 6.05. The SMILES string of the molecule is I.N=C(N)N1CCN(S(=O)(=O)c2ccc(Cl)cc2)CC1. The maximum atomic E-state index is 12.4. The molecule has 2 rings (SSSR count). The Hall–Kier alpha value is -0.580. The van der Waals surface area contributed by atoms with Crippen LogP contribution in [0.25, 0.3) is 0 Å². The van der Waals surface area contributed by atoms with Gasteiger partial charge in [0, 0.05) is 31.2 Å². The number of hydrogen-bond acceptors (Lipinski definition) is 3. The number of nitrogens with two attached hydrogens (primary N) is 1. The molecule has 1 aliphatic rings. The van der Waals surface area contributed by atoms with E-state index in [0.717, 1.165) is 0 Å². The molecule has 1 aliphatic heterocycles. The summed E-state index contributed by atoms with van der Waals surface area (Å²) in [5.41, 5.74) is 5.38. The molecule has 0 bridgehead atoms. The molecular formula is C11H16ClIN4O2S. The lowest BCUT2D eigenvalue weighted by Gasteiger charge is -2.34. The van der Waals surface area contributed by atoms with Crippen molar-refractivity contribution in [3.63, 3.8) is 0 Å². The number of halogens is 2. The van der Waals surface area contributed by atoms with E-state index in [1.165, 1.54) is 16.4 Å². The average molecular weight is 431 g/mol. The van der Waals surface area contributed by atoms with Crippen molar-refractivity contribution in [2.45, 2.75) is 4.90 Å². The van der Waals surface area contributed by atoms with Crippen molar-refractivity contribution in [3.05, 3.63) is 29.3 Å². The van der Waals surface area contributed by atoms with Gasteiger partial charge in [-0.25, -0.2) is 8.42 Å². The van der Waals surface area contributed by atoms with Gasteiger partial charge >= 0.3 is 0 Å². The first-order chi connectivity index (χ1) is 8.91. The van der Waals surface area contributed by atoms with Gasteiger partial charge in [-0.15, -0.1) is 24.0 Å². The molecular weight excluding hydrogens is 415 g/mol. The second kappa shape index (κ2) is 6.92. The lowest BCUT2D eigenvalue weighted by Crippen LogP contribution is -2.52. The van der Waals surface area contributed by atoms with Crippen LogP contribution in [0.4, 0.5) is 0 Å². The largest absolute Gasteiger partial charge is 0.370 e. The number of nitrogens with zero attached hydrogens (tertiary/aromatic N) is 2. The van der Waals surface area contributed by atoms with E-state index < -0.39 is 10.0 Å². The maximum Gasteiger partial charge on any atom is 0.243 e. The van der Waals surface area contributed by atoms with E-state index in [2.05, 4.69) is 0 Å². The third kappa shape index (κ3) is 3.74. The van der Waals surface area contributed by atoms with Crippen LogP contribution < -0.4 is 5.73 Å². The molecule has 0 atom stereocenters. The first-order valence-corrected chi connectivity index (χ1v) is 7.58. The predicted molar refractivity (Wildman–Crippen MR) is 89.1 cm³/mol. The lowest BCUT2D eigenvalue weighted by atomic mass is 10.4. The molecule has 0 amide bonds. The fourth-order valence-electron chi connectivity index (χ4n) is 1.92. The first kappa shape index (κ1) is 17.5.